The van der Waals surface area contributed by atoms with Crippen LogP contribution in [-0.2, 0) is 24.3 Å². The van der Waals surface area contributed by atoms with Gasteiger partial charge >= 0.3 is 12.1 Å². The summed E-state index contributed by atoms with van der Waals surface area (Å²) in [7, 11) is 0. The molecule has 1 saturated heterocycles. The van der Waals surface area contributed by atoms with Gasteiger partial charge in [0.15, 0.2) is 5.13 Å². The molecular weight excluding hydrogens is 423 g/mol. The third kappa shape index (κ3) is 6.16. The summed E-state index contributed by atoms with van der Waals surface area (Å²) in [6.07, 6.45) is 0.0713. The molecule has 160 valence electrons. The smallest absolute Gasteiger partial charge is 0.475 e. The van der Waals surface area contributed by atoms with E-state index in [1.165, 1.54) is 57.8 Å². The minimum absolute atomic E-state index is 1.08. The maximum Gasteiger partial charge on any atom is 0.490 e. The lowest BCUT2D eigenvalue weighted by atomic mass is 10.1. The van der Waals surface area contributed by atoms with Crippen LogP contribution in [0.15, 0.2) is 12.1 Å². The second-order valence-electron chi connectivity index (χ2n) is 7.19. The molecule has 2 aromatic rings. The fourth-order valence-electron chi connectivity index (χ4n) is 3.38. The quantitative estimate of drug-likeness (QED) is 0.740. The van der Waals surface area contributed by atoms with E-state index in [4.69, 9.17) is 14.9 Å². The summed E-state index contributed by atoms with van der Waals surface area (Å²) >= 11 is 3.87. The van der Waals surface area contributed by atoms with Gasteiger partial charge in [-0.25, -0.2) is 9.78 Å². The predicted molar refractivity (Wildman–Crippen MR) is 109 cm³/mol. The van der Waals surface area contributed by atoms with Gasteiger partial charge in [0, 0.05) is 53.8 Å². The van der Waals surface area contributed by atoms with Crippen molar-refractivity contribution in [1.29, 1.82) is 0 Å². The Kier molecular flexibility index (Phi) is 7.18. The molecule has 29 heavy (non-hydrogen) atoms. The van der Waals surface area contributed by atoms with Gasteiger partial charge in [0.1, 0.15) is 0 Å². The molecule has 4 rings (SSSR count). The molecule has 1 fully saturated rings. The largest absolute Gasteiger partial charge is 0.490 e. The Morgan fingerprint density at radius 2 is 1.86 bits per heavy atom. The van der Waals surface area contributed by atoms with Crippen molar-refractivity contribution in [1.82, 2.24) is 9.88 Å². The van der Waals surface area contributed by atoms with Crippen molar-refractivity contribution in [3.8, 4) is 0 Å². The lowest BCUT2D eigenvalue weighted by Gasteiger charge is -2.25. The number of carbonyl (C=O) groups is 1. The molecule has 0 saturated carbocycles. The number of thiophene rings is 1. The molecule has 2 aliphatic heterocycles. The van der Waals surface area contributed by atoms with Gasteiger partial charge in [0.25, 0.3) is 0 Å². The number of halogens is 3. The highest BCUT2D eigenvalue weighted by Gasteiger charge is 2.38. The molecule has 0 atom stereocenters. The van der Waals surface area contributed by atoms with Crippen LogP contribution in [0, 0.1) is 6.92 Å². The molecule has 0 aliphatic carbocycles. The zero-order valence-corrected chi connectivity index (χ0v) is 17.8. The Labute approximate surface area is 175 Å². The van der Waals surface area contributed by atoms with Crippen LogP contribution in [0.25, 0.3) is 0 Å². The van der Waals surface area contributed by atoms with Crippen molar-refractivity contribution in [2.24, 2.45) is 0 Å². The van der Waals surface area contributed by atoms with Crippen LogP contribution < -0.4 is 4.90 Å². The van der Waals surface area contributed by atoms with E-state index in [1.807, 2.05) is 22.7 Å². The maximum atomic E-state index is 10.6. The van der Waals surface area contributed by atoms with Crippen LogP contribution in [-0.4, -0.2) is 46.8 Å². The van der Waals surface area contributed by atoms with Crippen LogP contribution in [0.1, 0.15) is 39.6 Å². The van der Waals surface area contributed by atoms with Crippen molar-refractivity contribution in [3.63, 3.8) is 0 Å². The monoisotopic (exact) mass is 447 g/mol. The fourth-order valence-corrected chi connectivity index (χ4v) is 5.51. The molecule has 0 unspecified atom stereocenters. The van der Waals surface area contributed by atoms with Crippen molar-refractivity contribution < 1.29 is 23.1 Å². The molecule has 0 bridgehead atoms. The molecule has 0 aromatic carbocycles. The van der Waals surface area contributed by atoms with E-state index in [2.05, 4.69) is 28.9 Å². The average Bonchev–Trinajstić information content (AvgIpc) is 3.28. The number of hydrogen-bond donors (Lipinski definition) is 1. The van der Waals surface area contributed by atoms with Crippen molar-refractivity contribution in [2.45, 2.75) is 51.9 Å². The van der Waals surface area contributed by atoms with Gasteiger partial charge in [-0.3, -0.25) is 4.90 Å². The summed E-state index contributed by atoms with van der Waals surface area (Å²) in [4.78, 5) is 23.3. The molecule has 1 N–H and O–H groups in total. The second-order valence-corrected chi connectivity index (χ2v) is 9.62. The minimum atomic E-state index is -5.08. The molecule has 5 nitrogen and oxygen atoms in total. The number of aromatic nitrogens is 1. The Hall–Kier alpha value is -1.65. The summed E-state index contributed by atoms with van der Waals surface area (Å²) in [5.41, 5.74) is 1.36. The number of piperidine rings is 1. The molecular formula is C19H24F3N3O2S2. The first-order valence-corrected chi connectivity index (χ1v) is 11.2. The number of aliphatic carboxylic acids is 1. The fraction of sp³-hybridized carbons (Fsp3) is 0.579. The first-order chi connectivity index (χ1) is 13.7. The van der Waals surface area contributed by atoms with Crippen LogP contribution >= 0.6 is 22.7 Å². The highest BCUT2D eigenvalue weighted by molar-refractivity contribution is 7.15. The van der Waals surface area contributed by atoms with E-state index < -0.39 is 12.1 Å². The van der Waals surface area contributed by atoms with E-state index in [0.717, 1.165) is 26.1 Å². The SMILES string of the molecule is Cc1ccc(CN2CCc3nc(N4CCCCC4)sc3C2)s1.O=C(O)C(F)(F)F. The Morgan fingerprint density at radius 3 is 2.45 bits per heavy atom. The van der Waals surface area contributed by atoms with Gasteiger partial charge in [-0.2, -0.15) is 13.2 Å². The van der Waals surface area contributed by atoms with Gasteiger partial charge in [-0.15, -0.1) is 22.7 Å². The van der Waals surface area contributed by atoms with Gasteiger partial charge in [-0.1, -0.05) is 0 Å². The number of hydrogen-bond acceptors (Lipinski definition) is 6. The van der Waals surface area contributed by atoms with Crippen molar-refractivity contribution in [2.75, 3.05) is 24.5 Å². The lowest BCUT2D eigenvalue weighted by Crippen LogP contribution is -2.29. The number of aryl methyl sites for hydroxylation is 1. The first kappa shape index (κ1) is 22.0. The molecule has 2 aromatic heterocycles. The van der Waals surface area contributed by atoms with Crippen LogP contribution in [0.3, 0.4) is 0 Å². The summed E-state index contributed by atoms with van der Waals surface area (Å²) < 4.78 is 31.7. The molecule has 0 amide bonds. The van der Waals surface area contributed by atoms with Crippen molar-refractivity contribution >= 4 is 33.8 Å². The third-order valence-electron chi connectivity index (χ3n) is 4.84. The number of carboxylic acids is 1. The van der Waals surface area contributed by atoms with E-state index in [0.29, 0.717) is 0 Å². The van der Waals surface area contributed by atoms with Crippen LogP contribution in [0.5, 0.6) is 0 Å². The first-order valence-electron chi connectivity index (χ1n) is 9.53. The Morgan fingerprint density at radius 1 is 1.17 bits per heavy atom. The molecule has 0 spiro atoms. The number of fused-ring (bicyclic) bond motifs is 1. The van der Waals surface area contributed by atoms with E-state index in [9.17, 15) is 13.2 Å². The van der Waals surface area contributed by atoms with Crippen molar-refractivity contribution in [3.05, 3.63) is 32.5 Å². The third-order valence-corrected chi connectivity index (χ3v) is 6.97. The normalized spacial score (nSPS) is 17.4. The zero-order valence-electron chi connectivity index (χ0n) is 16.2. The summed E-state index contributed by atoms with van der Waals surface area (Å²) in [6, 6.07) is 4.51. The zero-order chi connectivity index (χ0) is 21.0. The molecule has 4 heterocycles. The number of carboxylic acid groups (broad SMARTS) is 1. The van der Waals surface area contributed by atoms with Crippen LogP contribution in [0.2, 0.25) is 0 Å². The minimum Gasteiger partial charge on any atom is -0.475 e. The van der Waals surface area contributed by atoms with Gasteiger partial charge < -0.3 is 10.0 Å². The number of nitrogens with zero attached hydrogens (tertiary/aromatic N) is 3. The van der Waals surface area contributed by atoms with E-state index >= 15 is 0 Å². The molecule has 10 heteroatoms. The topological polar surface area (TPSA) is 56.7 Å². The van der Waals surface area contributed by atoms with E-state index in [1.54, 1.807) is 0 Å². The van der Waals surface area contributed by atoms with Gasteiger partial charge in [0.2, 0.25) is 0 Å². The average molecular weight is 448 g/mol. The second kappa shape index (κ2) is 9.44. The highest BCUT2D eigenvalue weighted by atomic mass is 32.1. The Balaban J connectivity index is 0.000000298. The summed E-state index contributed by atoms with van der Waals surface area (Å²) in [5, 5.41) is 8.40. The lowest BCUT2D eigenvalue weighted by molar-refractivity contribution is -0.192. The molecule has 0 radical (unpaired) electrons. The highest BCUT2D eigenvalue weighted by Crippen LogP contribution is 2.32. The van der Waals surface area contributed by atoms with Crippen LogP contribution in [0.4, 0.5) is 18.3 Å². The predicted octanol–water partition coefficient (Wildman–Crippen LogP) is 4.69. The summed E-state index contributed by atoms with van der Waals surface area (Å²) in [6.45, 7) is 7.91. The van der Waals surface area contributed by atoms with Gasteiger partial charge in [0.05, 0.1) is 5.69 Å². The standard InChI is InChI=1S/C17H23N3S2.C2HF3O2/c1-13-5-6-14(21-13)11-19-10-7-15-16(12-19)22-17(18-15)20-8-3-2-4-9-20;3-2(4,5)1(6)7/h5-6H,2-4,7-12H2,1H3;(H,6,7). The molecule has 2 aliphatic rings. The summed E-state index contributed by atoms with van der Waals surface area (Å²) in [5.74, 6) is -2.76. The Bertz CT molecular complexity index is 829. The number of alkyl halides is 3. The number of thiazole rings is 1. The number of rotatable bonds is 3. The maximum absolute atomic E-state index is 10.6. The van der Waals surface area contributed by atoms with E-state index in [-0.39, 0.29) is 0 Å². The van der Waals surface area contributed by atoms with Gasteiger partial charge in [-0.05, 0) is 38.3 Å². The number of anilines is 1.